The number of nitriles is 1. The van der Waals surface area contributed by atoms with E-state index in [2.05, 4.69) is 9.47 Å². The Morgan fingerprint density at radius 3 is 2.73 bits per heavy atom. The number of esters is 1. The molecule has 0 aromatic heterocycles. The van der Waals surface area contributed by atoms with Gasteiger partial charge in [-0.2, -0.15) is 0 Å². The summed E-state index contributed by atoms with van der Waals surface area (Å²) in [6, 6.07) is 0. The van der Waals surface area contributed by atoms with Crippen molar-refractivity contribution in [3.05, 3.63) is 11.8 Å². The van der Waals surface area contributed by atoms with Crippen molar-refractivity contribution in [1.82, 2.24) is 0 Å². The number of hydrogen-bond acceptors (Lipinski definition) is 4. The van der Waals surface area contributed by atoms with Gasteiger partial charge in [0.25, 0.3) is 6.26 Å². The number of hydrogen-bond donors (Lipinski definition) is 0. The van der Waals surface area contributed by atoms with Gasteiger partial charge < -0.3 is 9.47 Å². The fourth-order valence-corrected chi connectivity index (χ4v) is 0.525. The highest BCUT2D eigenvalue weighted by Crippen LogP contribution is 2.02. The molecule has 4 heteroatoms. The van der Waals surface area contributed by atoms with Crippen LogP contribution in [0.3, 0.4) is 0 Å². The van der Waals surface area contributed by atoms with Crippen molar-refractivity contribution in [3.8, 4) is 6.26 Å². The highest BCUT2D eigenvalue weighted by atomic mass is 16.5. The summed E-state index contributed by atoms with van der Waals surface area (Å²) in [5.41, 5.74) is 0.342. The van der Waals surface area contributed by atoms with Crippen LogP contribution in [0.1, 0.15) is 13.3 Å². The molecule has 0 unspecified atom stereocenters. The molecule has 0 fully saturated rings. The van der Waals surface area contributed by atoms with Gasteiger partial charge in [-0.25, -0.2) is 4.79 Å². The summed E-state index contributed by atoms with van der Waals surface area (Å²) in [4.78, 5) is 10.8. The molecule has 0 atom stereocenters. The maximum absolute atomic E-state index is 10.8. The summed E-state index contributed by atoms with van der Waals surface area (Å²) in [7, 11) is 1.43. The molecule has 0 radical (unpaired) electrons. The molecule has 0 saturated carbocycles. The third-order valence-corrected chi connectivity index (χ3v) is 1.04. The van der Waals surface area contributed by atoms with Crippen LogP contribution in [0.4, 0.5) is 0 Å². The van der Waals surface area contributed by atoms with E-state index in [9.17, 15) is 4.79 Å². The van der Waals surface area contributed by atoms with Crippen molar-refractivity contribution < 1.29 is 14.3 Å². The van der Waals surface area contributed by atoms with Crippen LogP contribution < -0.4 is 0 Å². The predicted octanol–water partition coefficient (Wildman–Crippen LogP) is 0.951. The highest BCUT2D eigenvalue weighted by molar-refractivity contribution is 5.88. The van der Waals surface area contributed by atoms with Gasteiger partial charge in [0, 0.05) is 0 Å². The Morgan fingerprint density at radius 1 is 1.73 bits per heavy atom. The van der Waals surface area contributed by atoms with Crippen molar-refractivity contribution in [2.75, 3.05) is 7.11 Å². The van der Waals surface area contributed by atoms with E-state index >= 15 is 0 Å². The molecule has 11 heavy (non-hydrogen) atoms. The summed E-state index contributed by atoms with van der Waals surface area (Å²) in [6.45, 7) is 1.77. The zero-order chi connectivity index (χ0) is 8.69. The standard InChI is InChI=1S/C7H9NO3/c1-3-6(4-10-2)7(9)11-5-8/h4H,3H2,1-2H3. The van der Waals surface area contributed by atoms with Gasteiger partial charge in [0.05, 0.1) is 18.9 Å². The molecular formula is C7H9NO3. The summed E-state index contributed by atoms with van der Waals surface area (Å²) in [6.07, 6.45) is 3.04. The molecule has 0 heterocycles. The van der Waals surface area contributed by atoms with E-state index < -0.39 is 5.97 Å². The van der Waals surface area contributed by atoms with Gasteiger partial charge in [-0.15, -0.1) is 5.26 Å². The van der Waals surface area contributed by atoms with Crippen LogP contribution in [-0.4, -0.2) is 13.1 Å². The Kier molecular flexibility index (Phi) is 4.58. The van der Waals surface area contributed by atoms with Crippen LogP contribution >= 0.6 is 0 Å². The third-order valence-electron chi connectivity index (χ3n) is 1.04. The molecule has 0 aliphatic carbocycles. The highest BCUT2D eigenvalue weighted by Gasteiger charge is 2.08. The Morgan fingerprint density at radius 2 is 2.36 bits per heavy atom. The summed E-state index contributed by atoms with van der Waals surface area (Å²) in [5.74, 6) is -0.656. The Labute approximate surface area is 65.0 Å². The number of ether oxygens (including phenoxy) is 2. The predicted molar refractivity (Wildman–Crippen MR) is 37.1 cm³/mol. The molecule has 0 aromatic carbocycles. The maximum atomic E-state index is 10.8. The lowest BCUT2D eigenvalue weighted by atomic mass is 10.2. The van der Waals surface area contributed by atoms with Crippen molar-refractivity contribution in [2.45, 2.75) is 13.3 Å². The first-order valence-electron chi connectivity index (χ1n) is 3.08. The second-order valence-electron chi connectivity index (χ2n) is 1.71. The zero-order valence-corrected chi connectivity index (χ0v) is 6.46. The van der Waals surface area contributed by atoms with Gasteiger partial charge >= 0.3 is 5.97 Å². The van der Waals surface area contributed by atoms with E-state index in [0.717, 1.165) is 0 Å². The first-order valence-corrected chi connectivity index (χ1v) is 3.08. The van der Waals surface area contributed by atoms with Crippen molar-refractivity contribution in [3.63, 3.8) is 0 Å². The van der Waals surface area contributed by atoms with E-state index in [1.807, 2.05) is 0 Å². The molecule has 0 aromatic rings. The molecule has 0 aliphatic rings. The van der Waals surface area contributed by atoms with Crippen LogP contribution in [0.2, 0.25) is 0 Å². The lowest BCUT2D eigenvalue weighted by molar-refractivity contribution is -0.132. The third kappa shape index (κ3) is 3.26. The molecule has 0 saturated heterocycles. The van der Waals surface area contributed by atoms with E-state index in [1.165, 1.54) is 19.6 Å². The molecule has 0 bridgehead atoms. The minimum atomic E-state index is -0.656. The first-order chi connectivity index (χ1) is 5.26. The van der Waals surface area contributed by atoms with E-state index in [0.29, 0.717) is 12.0 Å². The second kappa shape index (κ2) is 5.30. The molecule has 0 rings (SSSR count). The first kappa shape index (κ1) is 9.50. The van der Waals surface area contributed by atoms with E-state index in [4.69, 9.17) is 5.26 Å². The molecular weight excluding hydrogens is 146 g/mol. The normalized spacial score (nSPS) is 10.1. The fourth-order valence-electron chi connectivity index (χ4n) is 0.525. The quantitative estimate of drug-likeness (QED) is 0.263. The average Bonchev–Trinajstić information content (AvgIpc) is 2.00. The maximum Gasteiger partial charge on any atom is 0.352 e. The Hall–Kier alpha value is -1.50. The van der Waals surface area contributed by atoms with Crippen LogP contribution in [0.15, 0.2) is 11.8 Å². The minimum Gasteiger partial charge on any atom is -0.504 e. The fraction of sp³-hybridized carbons (Fsp3) is 0.429. The largest absolute Gasteiger partial charge is 0.504 e. The van der Waals surface area contributed by atoms with Crippen molar-refractivity contribution >= 4 is 5.97 Å². The van der Waals surface area contributed by atoms with Gasteiger partial charge in [0.2, 0.25) is 0 Å². The van der Waals surface area contributed by atoms with Crippen molar-refractivity contribution in [1.29, 1.82) is 5.26 Å². The Bertz CT molecular complexity index is 202. The van der Waals surface area contributed by atoms with Crippen LogP contribution in [-0.2, 0) is 14.3 Å². The van der Waals surface area contributed by atoms with E-state index in [-0.39, 0.29) is 0 Å². The average molecular weight is 155 g/mol. The van der Waals surface area contributed by atoms with Gasteiger partial charge in [-0.1, -0.05) is 6.92 Å². The van der Waals surface area contributed by atoms with Gasteiger partial charge in [0.1, 0.15) is 0 Å². The van der Waals surface area contributed by atoms with Gasteiger partial charge in [-0.05, 0) is 6.42 Å². The molecule has 0 spiro atoms. The summed E-state index contributed by atoms with van der Waals surface area (Å²) < 4.78 is 8.66. The molecule has 60 valence electrons. The lowest BCUT2D eigenvalue weighted by Gasteiger charge is -1.97. The summed E-state index contributed by atoms with van der Waals surface area (Å²) in [5, 5.41) is 7.99. The van der Waals surface area contributed by atoms with Crippen LogP contribution in [0.25, 0.3) is 0 Å². The second-order valence-corrected chi connectivity index (χ2v) is 1.71. The van der Waals surface area contributed by atoms with Crippen LogP contribution in [0, 0.1) is 11.5 Å². The smallest absolute Gasteiger partial charge is 0.352 e. The number of methoxy groups -OCH3 is 1. The molecule has 0 N–H and O–H groups in total. The molecule has 0 aliphatic heterocycles. The van der Waals surface area contributed by atoms with Crippen molar-refractivity contribution in [2.24, 2.45) is 0 Å². The van der Waals surface area contributed by atoms with Gasteiger partial charge in [0.15, 0.2) is 0 Å². The van der Waals surface area contributed by atoms with Crippen LogP contribution in [0.5, 0.6) is 0 Å². The molecule has 4 nitrogen and oxygen atoms in total. The monoisotopic (exact) mass is 155 g/mol. The van der Waals surface area contributed by atoms with Gasteiger partial charge in [-0.3, -0.25) is 0 Å². The number of carbonyl (C=O) groups excluding carboxylic acids is 1. The number of nitrogens with zero attached hydrogens (tertiary/aromatic N) is 1. The Balaban J connectivity index is 4.17. The minimum absolute atomic E-state index is 0.342. The molecule has 0 amide bonds. The number of carbonyl (C=O) groups is 1. The SMILES string of the molecule is CCC(=COC)C(=O)OC#N. The number of rotatable bonds is 3. The van der Waals surface area contributed by atoms with E-state index in [1.54, 1.807) is 6.92 Å². The summed E-state index contributed by atoms with van der Waals surface area (Å²) >= 11 is 0. The topological polar surface area (TPSA) is 59.3 Å². The lowest BCUT2D eigenvalue weighted by Crippen LogP contribution is -2.03. The zero-order valence-electron chi connectivity index (χ0n) is 6.46.